The number of nitrogens with zero attached hydrogens (tertiary/aromatic N) is 3. The van der Waals surface area contributed by atoms with Gasteiger partial charge in [0, 0.05) is 31.7 Å². The highest BCUT2D eigenvalue weighted by atomic mass is 16.3. The van der Waals surface area contributed by atoms with Gasteiger partial charge in [-0.15, -0.1) is 0 Å². The quantitative estimate of drug-likeness (QED) is 0.753. The minimum absolute atomic E-state index is 0.204. The van der Waals surface area contributed by atoms with E-state index in [0.717, 1.165) is 30.2 Å². The molecule has 0 aliphatic heterocycles. The first kappa shape index (κ1) is 11.4. The van der Waals surface area contributed by atoms with Crippen LogP contribution in [0.4, 0.5) is 5.82 Å². The third-order valence-electron chi connectivity index (χ3n) is 3.21. The maximum Gasteiger partial charge on any atom is 0.126 e. The zero-order chi connectivity index (χ0) is 11.7. The first-order valence-corrected chi connectivity index (χ1v) is 5.76. The van der Waals surface area contributed by atoms with Crippen molar-refractivity contribution in [3.05, 3.63) is 11.3 Å². The zero-order valence-corrected chi connectivity index (χ0v) is 9.98. The molecule has 1 aliphatic carbocycles. The molecule has 1 aromatic heterocycles. The minimum Gasteiger partial charge on any atom is -0.395 e. The van der Waals surface area contributed by atoms with Gasteiger partial charge in [-0.1, -0.05) is 0 Å². The van der Waals surface area contributed by atoms with Crippen LogP contribution in [0.2, 0.25) is 0 Å². The summed E-state index contributed by atoms with van der Waals surface area (Å²) < 4.78 is 1.72. The van der Waals surface area contributed by atoms with Crippen LogP contribution in [-0.4, -0.2) is 39.0 Å². The molecule has 0 atom stereocenters. The molecule has 90 valence electrons. The van der Waals surface area contributed by atoms with Crippen LogP contribution in [0.5, 0.6) is 0 Å². The van der Waals surface area contributed by atoms with Gasteiger partial charge in [0.25, 0.3) is 0 Å². The summed E-state index contributed by atoms with van der Waals surface area (Å²) in [5, 5.41) is 13.3. The molecule has 0 aromatic carbocycles. The van der Waals surface area contributed by atoms with Gasteiger partial charge in [-0.3, -0.25) is 9.58 Å². The van der Waals surface area contributed by atoms with E-state index in [1.165, 1.54) is 12.8 Å². The lowest BCUT2D eigenvalue weighted by Gasteiger charge is -2.20. The van der Waals surface area contributed by atoms with Gasteiger partial charge >= 0.3 is 0 Å². The summed E-state index contributed by atoms with van der Waals surface area (Å²) in [4.78, 5) is 2.29. The Morgan fingerprint density at radius 1 is 1.56 bits per heavy atom. The van der Waals surface area contributed by atoms with Crippen molar-refractivity contribution in [2.75, 3.05) is 18.9 Å². The van der Waals surface area contributed by atoms with Crippen molar-refractivity contribution in [1.82, 2.24) is 14.7 Å². The zero-order valence-electron chi connectivity index (χ0n) is 9.98. The van der Waals surface area contributed by atoms with Crippen LogP contribution in [0, 0.1) is 6.92 Å². The predicted octanol–water partition coefficient (Wildman–Crippen LogP) is 0.267. The first-order valence-electron chi connectivity index (χ1n) is 5.76. The highest BCUT2D eigenvalue weighted by Gasteiger charge is 2.29. The molecular weight excluding hydrogens is 204 g/mol. The normalized spacial score (nSPS) is 16.0. The van der Waals surface area contributed by atoms with E-state index in [-0.39, 0.29) is 6.61 Å². The average molecular weight is 224 g/mol. The molecule has 1 aromatic rings. The summed E-state index contributed by atoms with van der Waals surface area (Å²) >= 11 is 0. The van der Waals surface area contributed by atoms with E-state index in [1.54, 1.807) is 4.68 Å². The van der Waals surface area contributed by atoms with E-state index in [1.807, 2.05) is 14.0 Å². The summed E-state index contributed by atoms with van der Waals surface area (Å²) in [5.41, 5.74) is 8.07. The monoisotopic (exact) mass is 224 g/mol. The summed E-state index contributed by atoms with van der Waals surface area (Å²) in [7, 11) is 1.86. The van der Waals surface area contributed by atoms with Crippen LogP contribution in [0.25, 0.3) is 0 Å². The smallest absolute Gasteiger partial charge is 0.126 e. The molecule has 0 bridgehead atoms. The van der Waals surface area contributed by atoms with E-state index in [0.29, 0.717) is 6.04 Å². The molecule has 2 rings (SSSR count). The van der Waals surface area contributed by atoms with E-state index in [2.05, 4.69) is 10.00 Å². The Bertz CT molecular complexity index is 370. The third kappa shape index (κ3) is 2.20. The number of aromatic nitrogens is 2. The van der Waals surface area contributed by atoms with Crippen LogP contribution in [-0.2, 0) is 13.6 Å². The summed E-state index contributed by atoms with van der Waals surface area (Å²) in [5.74, 6) is 0.737. The summed E-state index contributed by atoms with van der Waals surface area (Å²) in [6, 6.07) is 0.631. The maximum atomic E-state index is 9.04. The van der Waals surface area contributed by atoms with Crippen LogP contribution >= 0.6 is 0 Å². The largest absolute Gasteiger partial charge is 0.395 e. The van der Waals surface area contributed by atoms with Gasteiger partial charge in [0.2, 0.25) is 0 Å². The highest BCUT2D eigenvalue weighted by Crippen LogP contribution is 2.29. The molecule has 0 amide bonds. The molecule has 1 heterocycles. The second-order valence-corrected chi connectivity index (χ2v) is 4.50. The Kier molecular flexibility index (Phi) is 3.16. The fourth-order valence-electron chi connectivity index (χ4n) is 2.08. The molecule has 0 saturated heterocycles. The second-order valence-electron chi connectivity index (χ2n) is 4.50. The molecule has 5 nitrogen and oxygen atoms in total. The number of aryl methyl sites for hydroxylation is 2. The van der Waals surface area contributed by atoms with Crippen LogP contribution < -0.4 is 5.73 Å². The molecule has 3 N–H and O–H groups in total. The second kappa shape index (κ2) is 4.43. The maximum absolute atomic E-state index is 9.04. The lowest BCUT2D eigenvalue weighted by Crippen LogP contribution is -2.29. The van der Waals surface area contributed by atoms with Gasteiger partial charge in [-0.2, -0.15) is 5.10 Å². The van der Waals surface area contributed by atoms with Gasteiger partial charge in [0.1, 0.15) is 5.82 Å². The van der Waals surface area contributed by atoms with Crippen LogP contribution in [0.3, 0.4) is 0 Å². The van der Waals surface area contributed by atoms with Crippen molar-refractivity contribution >= 4 is 5.82 Å². The van der Waals surface area contributed by atoms with E-state index in [4.69, 9.17) is 10.8 Å². The van der Waals surface area contributed by atoms with E-state index < -0.39 is 0 Å². The van der Waals surface area contributed by atoms with Crippen molar-refractivity contribution in [3.8, 4) is 0 Å². The molecular formula is C11H20N4O. The Morgan fingerprint density at radius 2 is 2.25 bits per heavy atom. The number of hydrogen-bond acceptors (Lipinski definition) is 4. The number of aliphatic hydroxyl groups excluding tert-OH is 1. The standard InChI is InChI=1S/C11H20N4O/c1-8-10(11(12)14(2)13-8)7-15(5-6-16)9-3-4-9/h9,16H,3-7,12H2,1-2H3. The Hall–Kier alpha value is -1.07. The third-order valence-corrected chi connectivity index (χ3v) is 3.21. The van der Waals surface area contributed by atoms with Crippen LogP contribution in [0.1, 0.15) is 24.1 Å². The molecule has 16 heavy (non-hydrogen) atoms. The summed E-state index contributed by atoms with van der Waals surface area (Å²) in [6.07, 6.45) is 2.47. The number of anilines is 1. The Labute approximate surface area is 95.8 Å². The SMILES string of the molecule is Cc1nn(C)c(N)c1CN(CCO)C1CC1. The van der Waals surface area contributed by atoms with Crippen LogP contribution in [0.15, 0.2) is 0 Å². The van der Waals surface area contributed by atoms with E-state index in [9.17, 15) is 0 Å². The van der Waals surface area contributed by atoms with Crippen molar-refractivity contribution in [2.24, 2.45) is 7.05 Å². The first-order chi connectivity index (χ1) is 7.63. The van der Waals surface area contributed by atoms with Gasteiger partial charge in [-0.25, -0.2) is 0 Å². The molecule has 1 saturated carbocycles. The topological polar surface area (TPSA) is 67.3 Å². The van der Waals surface area contributed by atoms with Crippen molar-refractivity contribution in [2.45, 2.75) is 32.4 Å². The number of nitrogen functional groups attached to an aromatic ring is 1. The van der Waals surface area contributed by atoms with Crippen molar-refractivity contribution in [1.29, 1.82) is 0 Å². The average Bonchev–Trinajstić information content (AvgIpc) is 3.03. The number of hydrogen-bond donors (Lipinski definition) is 2. The van der Waals surface area contributed by atoms with Crippen molar-refractivity contribution < 1.29 is 5.11 Å². The molecule has 5 heteroatoms. The Morgan fingerprint density at radius 3 is 2.69 bits per heavy atom. The summed E-state index contributed by atoms with van der Waals surface area (Å²) in [6.45, 7) is 3.71. The number of nitrogens with two attached hydrogens (primary N) is 1. The molecule has 0 spiro atoms. The molecule has 1 aliphatic rings. The fourth-order valence-corrected chi connectivity index (χ4v) is 2.08. The Balaban J connectivity index is 2.11. The fraction of sp³-hybridized carbons (Fsp3) is 0.727. The lowest BCUT2D eigenvalue weighted by atomic mass is 10.2. The molecule has 0 radical (unpaired) electrons. The molecule has 1 fully saturated rings. The van der Waals surface area contributed by atoms with Gasteiger partial charge < -0.3 is 10.8 Å². The van der Waals surface area contributed by atoms with E-state index >= 15 is 0 Å². The number of rotatable bonds is 5. The van der Waals surface area contributed by atoms with Gasteiger partial charge in [0.15, 0.2) is 0 Å². The van der Waals surface area contributed by atoms with Crippen molar-refractivity contribution in [3.63, 3.8) is 0 Å². The lowest BCUT2D eigenvalue weighted by molar-refractivity contribution is 0.183. The number of aliphatic hydroxyl groups is 1. The molecule has 0 unspecified atom stereocenters. The predicted molar refractivity (Wildman–Crippen MR) is 62.9 cm³/mol. The minimum atomic E-state index is 0.204. The van der Waals surface area contributed by atoms with Gasteiger partial charge in [0.05, 0.1) is 12.3 Å². The van der Waals surface area contributed by atoms with Gasteiger partial charge in [-0.05, 0) is 19.8 Å². The highest BCUT2D eigenvalue weighted by molar-refractivity contribution is 5.42.